The number of benzene rings is 1. The molecule has 1 aliphatic heterocycles. The molecule has 1 amide bonds. The number of hydrogen-bond acceptors (Lipinski definition) is 5. The molecule has 0 radical (unpaired) electrons. The minimum Gasteiger partial charge on any atom is -0.493 e. The molecular weight excluding hydrogens is 294 g/mol. The Morgan fingerprint density at radius 3 is 2.71 bits per heavy atom. The van der Waals surface area contributed by atoms with Crippen LogP contribution in [0.1, 0.15) is 13.3 Å². The molecule has 1 aromatic carbocycles. The van der Waals surface area contributed by atoms with Gasteiger partial charge in [-0.25, -0.2) is 8.42 Å². The summed E-state index contributed by atoms with van der Waals surface area (Å²) in [4.78, 5) is 12.1. The summed E-state index contributed by atoms with van der Waals surface area (Å²) in [5.74, 6) is 0.370. The Hall–Kier alpha value is -1.76. The van der Waals surface area contributed by atoms with Gasteiger partial charge in [0.1, 0.15) is 0 Å². The lowest BCUT2D eigenvalue weighted by Gasteiger charge is -2.13. The number of amides is 1. The lowest BCUT2D eigenvalue weighted by molar-refractivity contribution is -0.119. The van der Waals surface area contributed by atoms with Gasteiger partial charge in [-0.05, 0) is 25.5 Å². The summed E-state index contributed by atoms with van der Waals surface area (Å²) < 4.78 is 33.4. The lowest BCUT2D eigenvalue weighted by atomic mass is 10.1. The van der Waals surface area contributed by atoms with Gasteiger partial charge in [-0.15, -0.1) is 0 Å². The largest absolute Gasteiger partial charge is 0.493 e. The van der Waals surface area contributed by atoms with Crippen molar-refractivity contribution in [3.8, 4) is 11.5 Å². The number of hydrogen-bond donors (Lipinski definition) is 1. The predicted octanol–water partition coefficient (Wildman–Crippen LogP) is 1.47. The number of methoxy groups -OCH3 is 1. The van der Waals surface area contributed by atoms with Crippen LogP contribution in [0.3, 0.4) is 0 Å². The van der Waals surface area contributed by atoms with Gasteiger partial charge in [-0.1, -0.05) is 0 Å². The fourth-order valence-corrected chi connectivity index (χ4v) is 4.01. The van der Waals surface area contributed by atoms with Crippen LogP contribution in [-0.4, -0.2) is 39.5 Å². The molecule has 1 aromatic rings. The maximum absolute atomic E-state index is 12.1. The van der Waals surface area contributed by atoms with Gasteiger partial charge in [0, 0.05) is 11.8 Å². The molecule has 0 saturated carbocycles. The van der Waals surface area contributed by atoms with Crippen molar-refractivity contribution >= 4 is 21.4 Å². The molecule has 0 aromatic heterocycles. The van der Waals surface area contributed by atoms with Crippen molar-refractivity contribution in [2.75, 3.05) is 30.5 Å². The zero-order valence-corrected chi connectivity index (χ0v) is 12.9. The summed E-state index contributed by atoms with van der Waals surface area (Å²) >= 11 is 0. The van der Waals surface area contributed by atoms with E-state index in [4.69, 9.17) is 9.47 Å². The molecule has 1 N–H and O–H groups in total. The molecule has 0 aliphatic carbocycles. The fraction of sp³-hybridized carbons (Fsp3) is 0.500. The molecule has 21 heavy (non-hydrogen) atoms. The van der Waals surface area contributed by atoms with Crippen LogP contribution in [0.5, 0.6) is 11.5 Å². The average Bonchev–Trinajstić information content (AvgIpc) is 2.81. The van der Waals surface area contributed by atoms with E-state index in [0.29, 0.717) is 30.2 Å². The lowest BCUT2D eigenvalue weighted by Crippen LogP contribution is -2.23. The third-order valence-electron chi connectivity index (χ3n) is 3.33. The van der Waals surface area contributed by atoms with Crippen LogP contribution < -0.4 is 14.8 Å². The number of sulfone groups is 1. The SMILES string of the molecule is CCOc1ccc(NC(=O)[C@@H]2CCS(=O)(=O)C2)cc1OC. The Morgan fingerprint density at radius 2 is 2.14 bits per heavy atom. The first kappa shape index (κ1) is 15.6. The highest BCUT2D eigenvalue weighted by Crippen LogP contribution is 2.30. The Morgan fingerprint density at radius 1 is 1.38 bits per heavy atom. The van der Waals surface area contributed by atoms with Crippen LogP contribution >= 0.6 is 0 Å². The van der Waals surface area contributed by atoms with Crippen molar-refractivity contribution in [1.82, 2.24) is 0 Å². The van der Waals surface area contributed by atoms with Crippen LogP contribution in [0.2, 0.25) is 0 Å². The van der Waals surface area contributed by atoms with Crippen molar-refractivity contribution in [1.29, 1.82) is 0 Å². The molecule has 2 rings (SSSR count). The van der Waals surface area contributed by atoms with Gasteiger partial charge >= 0.3 is 0 Å². The summed E-state index contributed by atoms with van der Waals surface area (Å²) in [6, 6.07) is 5.07. The number of nitrogens with one attached hydrogen (secondary N) is 1. The molecule has 1 fully saturated rings. The fourth-order valence-electron chi connectivity index (χ4n) is 2.27. The van der Waals surface area contributed by atoms with Gasteiger partial charge in [0.25, 0.3) is 0 Å². The second-order valence-electron chi connectivity index (χ2n) is 4.89. The van der Waals surface area contributed by atoms with Crippen LogP contribution in [0.4, 0.5) is 5.69 Å². The van der Waals surface area contributed by atoms with Crippen LogP contribution in [0.15, 0.2) is 18.2 Å². The molecule has 116 valence electrons. The van der Waals surface area contributed by atoms with Gasteiger partial charge in [0.15, 0.2) is 21.3 Å². The number of anilines is 1. The van der Waals surface area contributed by atoms with E-state index in [0.717, 1.165) is 0 Å². The number of carbonyl (C=O) groups is 1. The Balaban J connectivity index is 2.07. The Labute approximate surface area is 124 Å². The molecule has 7 heteroatoms. The maximum atomic E-state index is 12.1. The van der Waals surface area contributed by atoms with Gasteiger partial charge in [0.05, 0.1) is 31.1 Å². The van der Waals surface area contributed by atoms with Crippen molar-refractivity contribution in [2.45, 2.75) is 13.3 Å². The molecule has 1 heterocycles. The summed E-state index contributed by atoms with van der Waals surface area (Å²) in [6.07, 6.45) is 0.377. The van der Waals surface area contributed by atoms with Crippen LogP contribution in [0.25, 0.3) is 0 Å². The summed E-state index contributed by atoms with van der Waals surface area (Å²) in [5, 5.41) is 2.73. The molecule has 1 saturated heterocycles. The van der Waals surface area contributed by atoms with E-state index >= 15 is 0 Å². The molecule has 0 bridgehead atoms. The summed E-state index contributed by atoms with van der Waals surface area (Å²) in [7, 11) is -1.54. The van der Waals surface area contributed by atoms with Gasteiger partial charge in [0.2, 0.25) is 5.91 Å². The standard InChI is InChI=1S/C14H19NO5S/c1-3-20-12-5-4-11(8-13(12)19-2)15-14(16)10-6-7-21(17,18)9-10/h4-5,8,10H,3,6-7,9H2,1-2H3,(H,15,16)/t10-/m1/s1. The molecule has 1 aliphatic rings. The monoisotopic (exact) mass is 313 g/mol. The highest BCUT2D eigenvalue weighted by Gasteiger charge is 2.32. The highest BCUT2D eigenvalue weighted by molar-refractivity contribution is 7.91. The van der Waals surface area contributed by atoms with E-state index in [1.807, 2.05) is 6.92 Å². The average molecular weight is 313 g/mol. The second-order valence-corrected chi connectivity index (χ2v) is 7.12. The van der Waals surface area contributed by atoms with Crippen molar-refractivity contribution in [3.05, 3.63) is 18.2 Å². The van der Waals surface area contributed by atoms with Crippen LogP contribution in [0, 0.1) is 5.92 Å². The third kappa shape index (κ3) is 3.87. The highest BCUT2D eigenvalue weighted by atomic mass is 32.2. The Bertz CT molecular complexity index is 626. The third-order valence-corrected chi connectivity index (χ3v) is 5.10. The number of ether oxygens (including phenoxy) is 2. The zero-order valence-electron chi connectivity index (χ0n) is 12.1. The van der Waals surface area contributed by atoms with Gasteiger partial charge in [-0.3, -0.25) is 4.79 Å². The zero-order chi connectivity index (χ0) is 15.5. The Kier molecular flexibility index (Phi) is 4.72. The number of rotatable bonds is 5. The predicted molar refractivity (Wildman–Crippen MR) is 79.6 cm³/mol. The smallest absolute Gasteiger partial charge is 0.228 e. The summed E-state index contributed by atoms with van der Waals surface area (Å²) in [5.41, 5.74) is 0.560. The van der Waals surface area contributed by atoms with E-state index in [9.17, 15) is 13.2 Å². The van der Waals surface area contributed by atoms with E-state index in [2.05, 4.69) is 5.32 Å². The van der Waals surface area contributed by atoms with E-state index in [1.54, 1.807) is 18.2 Å². The minimum absolute atomic E-state index is 0.0764. The second kappa shape index (κ2) is 6.34. The van der Waals surface area contributed by atoms with E-state index < -0.39 is 15.8 Å². The van der Waals surface area contributed by atoms with E-state index in [1.165, 1.54) is 7.11 Å². The quantitative estimate of drug-likeness (QED) is 0.890. The first-order valence-corrected chi connectivity index (χ1v) is 8.59. The minimum atomic E-state index is -3.07. The van der Waals surface area contributed by atoms with Crippen molar-refractivity contribution < 1.29 is 22.7 Å². The topological polar surface area (TPSA) is 81.7 Å². The van der Waals surface area contributed by atoms with Gasteiger partial charge in [-0.2, -0.15) is 0 Å². The first-order chi connectivity index (χ1) is 9.95. The summed E-state index contributed by atoms with van der Waals surface area (Å²) in [6.45, 7) is 2.39. The van der Waals surface area contributed by atoms with Crippen molar-refractivity contribution in [3.63, 3.8) is 0 Å². The first-order valence-electron chi connectivity index (χ1n) is 6.77. The molecule has 0 unspecified atom stereocenters. The maximum Gasteiger partial charge on any atom is 0.228 e. The van der Waals surface area contributed by atoms with Crippen LogP contribution in [-0.2, 0) is 14.6 Å². The number of carbonyl (C=O) groups excluding carboxylic acids is 1. The molecule has 0 spiro atoms. The van der Waals surface area contributed by atoms with E-state index in [-0.39, 0.29) is 17.4 Å². The van der Waals surface area contributed by atoms with Crippen molar-refractivity contribution in [2.24, 2.45) is 5.92 Å². The van der Waals surface area contributed by atoms with Gasteiger partial charge < -0.3 is 14.8 Å². The molecular formula is C14H19NO5S. The molecule has 6 nitrogen and oxygen atoms in total. The molecule has 1 atom stereocenters. The normalized spacial score (nSPS) is 20.0.